The molecule has 8 nitrogen and oxygen atoms in total. The molecule has 1 atom stereocenters. The highest BCUT2D eigenvalue weighted by molar-refractivity contribution is 8.01. The van der Waals surface area contributed by atoms with Gasteiger partial charge in [0.05, 0.1) is 32.3 Å². The maximum atomic E-state index is 13.1. The van der Waals surface area contributed by atoms with Crippen LogP contribution >= 0.6 is 58.1 Å². The number of anilines is 1. The first kappa shape index (κ1) is 33.0. The number of aromatic nitrogens is 4. The van der Waals surface area contributed by atoms with Crippen molar-refractivity contribution in [2.24, 2.45) is 7.05 Å². The number of thiazole rings is 1. The van der Waals surface area contributed by atoms with Crippen LogP contribution in [0.2, 0.25) is 10.0 Å². The summed E-state index contributed by atoms with van der Waals surface area (Å²) in [6.45, 7) is 1.81. The zero-order valence-corrected chi connectivity index (χ0v) is 29.1. The molecule has 0 saturated heterocycles. The van der Waals surface area contributed by atoms with Crippen molar-refractivity contribution in [3.05, 3.63) is 118 Å². The second-order valence-electron chi connectivity index (χ2n) is 10.5. The summed E-state index contributed by atoms with van der Waals surface area (Å²) < 4.78 is 3.49. The lowest BCUT2D eigenvalue weighted by atomic mass is 9.99. The highest BCUT2D eigenvalue weighted by Gasteiger charge is 2.21. The summed E-state index contributed by atoms with van der Waals surface area (Å²) in [7, 11) is 1.83. The molecule has 2 amide bonds. The fraction of sp³-hybridized carbons (Fsp3) is 0.147. The third-order valence-electron chi connectivity index (χ3n) is 7.19. The van der Waals surface area contributed by atoms with Crippen LogP contribution in [-0.4, -0.2) is 42.6 Å². The van der Waals surface area contributed by atoms with E-state index < -0.39 is 5.25 Å². The van der Waals surface area contributed by atoms with Crippen molar-refractivity contribution < 1.29 is 9.59 Å². The van der Waals surface area contributed by atoms with Gasteiger partial charge in [0.2, 0.25) is 11.8 Å². The Kier molecular flexibility index (Phi) is 10.5. The molecule has 13 heteroatoms. The number of nitrogens with one attached hydrogen (secondary N) is 2. The molecule has 4 aromatic carbocycles. The Bertz CT molecular complexity index is 2000. The number of fused-ring (bicyclic) bond motifs is 1. The molecular weight excluding hydrogens is 692 g/mol. The smallest absolute Gasteiger partial charge is 0.237 e. The molecule has 6 aromatic rings. The molecule has 0 aliphatic rings. The zero-order chi connectivity index (χ0) is 32.9. The van der Waals surface area contributed by atoms with Crippen LogP contribution in [-0.2, 0) is 16.6 Å². The predicted octanol–water partition coefficient (Wildman–Crippen LogP) is 8.52. The van der Waals surface area contributed by atoms with Gasteiger partial charge >= 0.3 is 0 Å². The predicted molar refractivity (Wildman–Crippen MR) is 194 cm³/mol. The summed E-state index contributed by atoms with van der Waals surface area (Å²) in [4.78, 5) is 30.9. The van der Waals surface area contributed by atoms with Crippen LogP contribution in [0.1, 0.15) is 24.1 Å². The molecule has 0 unspecified atom stereocenters. The van der Waals surface area contributed by atoms with Gasteiger partial charge in [-0.3, -0.25) is 9.59 Å². The quantitative estimate of drug-likeness (QED) is 0.130. The lowest BCUT2D eigenvalue weighted by Gasteiger charge is -2.19. The van der Waals surface area contributed by atoms with E-state index in [1.807, 2.05) is 92.8 Å². The Balaban J connectivity index is 1.06. The summed E-state index contributed by atoms with van der Waals surface area (Å²) in [5.41, 5.74) is 4.20. The maximum Gasteiger partial charge on any atom is 0.237 e. The minimum atomic E-state index is -0.455. The highest BCUT2D eigenvalue weighted by atomic mass is 35.5. The number of carbonyl (C=O) groups excluding carboxylic acids is 2. The number of rotatable bonds is 11. The number of halogens is 2. The number of nitrogens with zero attached hydrogens (tertiary/aromatic N) is 4. The standard InChI is InChI=1S/C34H28Cl2N6O2S3/c1-20(46-33-41-40-31(42(33)2)25-15-13-23(35)17-26(25)36)32(44)37-24-14-16-27-28(18-24)47-34(38-27)45-19-29(43)39-30(21-9-5-3-6-10-21)22-11-7-4-8-12-22/h3-18,20,30H,19H2,1-2H3,(H,37,44)(H,39,43)/t20-/m1/s1. The van der Waals surface area contributed by atoms with Gasteiger partial charge in [-0.05, 0) is 54.4 Å². The Morgan fingerprint density at radius 2 is 1.62 bits per heavy atom. The first-order valence-electron chi connectivity index (χ1n) is 14.5. The van der Waals surface area contributed by atoms with Crippen LogP contribution in [0.4, 0.5) is 5.69 Å². The Hall–Kier alpha value is -3.87. The van der Waals surface area contributed by atoms with Gasteiger partial charge in [-0.25, -0.2) is 4.98 Å². The first-order chi connectivity index (χ1) is 22.7. The summed E-state index contributed by atoms with van der Waals surface area (Å²) >= 11 is 16.6. The highest BCUT2D eigenvalue weighted by Crippen LogP contribution is 2.34. The molecule has 2 aromatic heterocycles. The Morgan fingerprint density at radius 1 is 0.915 bits per heavy atom. The number of thioether (sulfide) groups is 2. The SMILES string of the molecule is C[C@@H](Sc1nnc(-c2ccc(Cl)cc2Cl)n1C)C(=O)Nc1ccc2nc(SCC(=O)NC(c3ccccc3)c3ccccc3)sc2c1. The molecule has 6 rings (SSSR count). The third kappa shape index (κ3) is 7.99. The van der Waals surface area contributed by atoms with Crippen LogP contribution in [0.25, 0.3) is 21.6 Å². The number of hydrogen-bond donors (Lipinski definition) is 2. The van der Waals surface area contributed by atoms with E-state index in [2.05, 4.69) is 25.8 Å². The minimum Gasteiger partial charge on any atom is -0.344 e. The molecule has 0 aliphatic heterocycles. The molecule has 0 bridgehead atoms. The van der Waals surface area contributed by atoms with Crippen molar-refractivity contribution in [3.63, 3.8) is 0 Å². The average molecular weight is 720 g/mol. The van der Waals surface area contributed by atoms with Crippen molar-refractivity contribution in [1.82, 2.24) is 25.1 Å². The van der Waals surface area contributed by atoms with Crippen molar-refractivity contribution in [2.75, 3.05) is 11.1 Å². The van der Waals surface area contributed by atoms with E-state index in [-0.39, 0.29) is 23.6 Å². The zero-order valence-electron chi connectivity index (χ0n) is 25.2. The van der Waals surface area contributed by atoms with E-state index in [9.17, 15) is 9.59 Å². The number of carbonyl (C=O) groups is 2. The van der Waals surface area contributed by atoms with Crippen molar-refractivity contribution in [2.45, 2.75) is 27.7 Å². The van der Waals surface area contributed by atoms with E-state index in [1.54, 1.807) is 22.8 Å². The number of benzene rings is 4. The third-order valence-corrected chi connectivity index (χ3v) is 11.0. The minimum absolute atomic E-state index is 0.0855. The van der Waals surface area contributed by atoms with Gasteiger partial charge in [-0.15, -0.1) is 21.5 Å². The van der Waals surface area contributed by atoms with Crippen LogP contribution in [0.5, 0.6) is 0 Å². The molecule has 2 heterocycles. The van der Waals surface area contributed by atoms with Gasteiger partial charge in [0.25, 0.3) is 0 Å². The van der Waals surface area contributed by atoms with Crippen LogP contribution in [0.15, 0.2) is 107 Å². The average Bonchev–Trinajstić information content (AvgIpc) is 3.65. The monoisotopic (exact) mass is 718 g/mol. The van der Waals surface area contributed by atoms with Crippen molar-refractivity contribution in [1.29, 1.82) is 0 Å². The molecular formula is C34H28Cl2N6O2S3. The molecule has 47 heavy (non-hydrogen) atoms. The summed E-state index contributed by atoms with van der Waals surface area (Å²) in [5, 5.41) is 15.8. The molecule has 238 valence electrons. The van der Waals surface area contributed by atoms with E-state index in [4.69, 9.17) is 23.2 Å². The lowest BCUT2D eigenvalue weighted by Crippen LogP contribution is -2.30. The van der Waals surface area contributed by atoms with Crippen LogP contribution in [0, 0.1) is 0 Å². The summed E-state index contributed by atoms with van der Waals surface area (Å²) in [6, 6.07) is 30.4. The topological polar surface area (TPSA) is 102 Å². The molecule has 2 N–H and O–H groups in total. The second-order valence-corrected chi connectivity index (χ2v) is 14.9. The summed E-state index contributed by atoms with van der Waals surface area (Å²) in [6.07, 6.45) is 0. The summed E-state index contributed by atoms with van der Waals surface area (Å²) in [5.74, 6) is 0.543. The number of hydrogen-bond acceptors (Lipinski definition) is 8. The fourth-order valence-electron chi connectivity index (χ4n) is 4.80. The van der Waals surface area contributed by atoms with E-state index >= 15 is 0 Å². The van der Waals surface area contributed by atoms with Gasteiger partial charge in [0.15, 0.2) is 15.3 Å². The molecule has 0 aliphatic carbocycles. The van der Waals surface area contributed by atoms with E-state index in [0.29, 0.717) is 32.3 Å². The van der Waals surface area contributed by atoms with Crippen LogP contribution < -0.4 is 10.6 Å². The molecule has 0 spiro atoms. The molecule has 0 fully saturated rings. The van der Waals surface area contributed by atoms with Gasteiger partial charge in [0, 0.05) is 23.3 Å². The van der Waals surface area contributed by atoms with Gasteiger partial charge in [0.1, 0.15) is 0 Å². The molecule has 0 saturated carbocycles. The fourth-order valence-corrected chi connectivity index (χ4v) is 8.03. The second kappa shape index (κ2) is 14.9. The van der Waals surface area contributed by atoms with Gasteiger partial charge in [-0.2, -0.15) is 0 Å². The normalized spacial score (nSPS) is 11.9. The number of amides is 2. The molecule has 0 radical (unpaired) electrons. The largest absolute Gasteiger partial charge is 0.344 e. The Morgan fingerprint density at radius 3 is 2.30 bits per heavy atom. The van der Waals surface area contributed by atoms with E-state index in [0.717, 1.165) is 25.7 Å². The van der Waals surface area contributed by atoms with Crippen molar-refractivity contribution >= 4 is 85.8 Å². The van der Waals surface area contributed by atoms with E-state index in [1.165, 1.54) is 34.9 Å². The van der Waals surface area contributed by atoms with Crippen molar-refractivity contribution in [3.8, 4) is 11.4 Å². The Labute approximate surface area is 294 Å². The lowest BCUT2D eigenvalue weighted by molar-refractivity contribution is -0.119. The van der Waals surface area contributed by atoms with Gasteiger partial charge in [-0.1, -0.05) is 107 Å². The maximum absolute atomic E-state index is 13.1. The van der Waals surface area contributed by atoms with Gasteiger partial charge < -0.3 is 15.2 Å². The first-order valence-corrected chi connectivity index (χ1v) is 17.9. The van der Waals surface area contributed by atoms with Crippen LogP contribution in [0.3, 0.4) is 0 Å².